The second-order valence-electron chi connectivity index (χ2n) is 4.15. The van der Waals surface area contributed by atoms with Gasteiger partial charge < -0.3 is 9.84 Å². The van der Waals surface area contributed by atoms with Crippen molar-refractivity contribution in [3.63, 3.8) is 0 Å². The van der Waals surface area contributed by atoms with Gasteiger partial charge in [-0.1, -0.05) is 15.9 Å². The molecule has 7 heteroatoms. The Morgan fingerprint density at radius 2 is 2.10 bits per heavy atom. The molecule has 1 aromatic carbocycles. The number of hydrogen-bond acceptors (Lipinski definition) is 5. The van der Waals surface area contributed by atoms with Crippen molar-refractivity contribution in [1.82, 2.24) is 0 Å². The summed E-state index contributed by atoms with van der Waals surface area (Å²) in [4.78, 5) is 23.0. The van der Waals surface area contributed by atoms with Gasteiger partial charge in [-0.3, -0.25) is 5.01 Å². The molecule has 1 heterocycles. The zero-order valence-electron chi connectivity index (χ0n) is 10.7. The van der Waals surface area contributed by atoms with Crippen LogP contribution in [0.5, 0.6) is 0 Å². The van der Waals surface area contributed by atoms with Crippen LogP contribution >= 0.6 is 15.9 Å². The zero-order valence-corrected chi connectivity index (χ0v) is 12.3. The van der Waals surface area contributed by atoms with Crippen molar-refractivity contribution < 1.29 is 19.4 Å². The molecule has 0 radical (unpaired) electrons. The molecule has 1 N–H and O–H groups in total. The number of hydrogen-bond donors (Lipinski definition) is 1. The monoisotopic (exact) mass is 340 g/mol. The molecule has 1 atom stereocenters. The van der Waals surface area contributed by atoms with E-state index in [9.17, 15) is 14.7 Å². The Balaban J connectivity index is 2.29. The molecular formula is C13H13BrN2O4. The van der Waals surface area contributed by atoms with E-state index in [1.54, 1.807) is 31.2 Å². The topological polar surface area (TPSA) is 79.2 Å². The van der Waals surface area contributed by atoms with Gasteiger partial charge in [0.1, 0.15) is 5.71 Å². The van der Waals surface area contributed by atoms with Crippen LogP contribution in [0.25, 0.3) is 0 Å². The highest BCUT2D eigenvalue weighted by Gasteiger charge is 2.36. The average molecular weight is 341 g/mol. The predicted octanol–water partition coefficient (Wildman–Crippen LogP) is 2.03. The van der Waals surface area contributed by atoms with Crippen LogP contribution < -0.4 is 5.01 Å². The number of ether oxygens (including phenoxy) is 1. The third-order valence-electron chi connectivity index (χ3n) is 2.80. The second kappa shape index (κ2) is 6.04. The molecule has 1 aliphatic rings. The minimum atomic E-state index is -1.03. The SMILES string of the molecule is CCOC(=O)C1=NN(c2ccc(Br)cc2)[C@@H](C(=O)O)C1. The van der Waals surface area contributed by atoms with E-state index in [-0.39, 0.29) is 18.7 Å². The van der Waals surface area contributed by atoms with Gasteiger partial charge in [-0.2, -0.15) is 5.10 Å². The molecule has 1 aromatic rings. The van der Waals surface area contributed by atoms with Gasteiger partial charge in [-0.15, -0.1) is 0 Å². The Morgan fingerprint density at radius 1 is 1.45 bits per heavy atom. The van der Waals surface area contributed by atoms with E-state index in [4.69, 9.17) is 4.74 Å². The number of nitrogens with zero attached hydrogens (tertiary/aromatic N) is 2. The maximum Gasteiger partial charge on any atom is 0.354 e. The van der Waals surface area contributed by atoms with Crippen LogP contribution in [-0.2, 0) is 14.3 Å². The van der Waals surface area contributed by atoms with E-state index in [1.165, 1.54) is 5.01 Å². The maximum absolute atomic E-state index is 11.7. The van der Waals surface area contributed by atoms with Gasteiger partial charge in [-0.05, 0) is 31.2 Å². The van der Waals surface area contributed by atoms with Crippen LogP contribution in [0.15, 0.2) is 33.8 Å². The van der Waals surface area contributed by atoms with Gasteiger partial charge in [-0.25, -0.2) is 9.59 Å². The van der Waals surface area contributed by atoms with Crippen molar-refractivity contribution in [3.05, 3.63) is 28.7 Å². The number of benzene rings is 1. The molecule has 0 aromatic heterocycles. The number of carboxylic acid groups (broad SMARTS) is 1. The molecule has 0 saturated heterocycles. The lowest BCUT2D eigenvalue weighted by molar-refractivity contribution is -0.138. The molecule has 106 valence electrons. The number of hydrazone groups is 1. The fourth-order valence-electron chi connectivity index (χ4n) is 1.87. The van der Waals surface area contributed by atoms with Gasteiger partial charge in [0.05, 0.1) is 12.3 Å². The van der Waals surface area contributed by atoms with Crippen molar-refractivity contribution in [2.45, 2.75) is 19.4 Å². The first-order valence-corrected chi connectivity index (χ1v) is 6.84. The Kier molecular flexibility index (Phi) is 4.39. The van der Waals surface area contributed by atoms with Crippen molar-refractivity contribution in [1.29, 1.82) is 0 Å². The molecule has 0 fully saturated rings. The molecular weight excluding hydrogens is 328 g/mol. The normalized spacial score (nSPS) is 17.8. The molecule has 1 aliphatic heterocycles. The highest BCUT2D eigenvalue weighted by atomic mass is 79.9. The molecule has 20 heavy (non-hydrogen) atoms. The number of rotatable bonds is 4. The minimum absolute atomic E-state index is 0.0320. The molecule has 0 unspecified atom stereocenters. The van der Waals surface area contributed by atoms with Crippen LogP contribution in [0.2, 0.25) is 0 Å². The standard InChI is InChI=1S/C13H13BrN2O4/c1-2-20-13(19)10-7-11(12(17)18)16(15-10)9-5-3-8(14)4-6-9/h3-6,11H,2,7H2,1H3,(H,17,18)/t11-/m1/s1. The summed E-state index contributed by atoms with van der Waals surface area (Å²) >= 11 is 3.31. The predicted molar refractivity (Wildman–Crippen MR) is 76.7 cm³/mol. The molecule has 0 aliphatic carbocycles. The lowest BCUT2D eigenvalue weighted by Gasteiger charge is -2.19. The third kappa shape index (κ3) is 2.98. The van der Waals surface area contributed by atoms with Gasteiger partial charge in [0.15, 0.2) is 6.04 Å². The number of esters is 1. The Bertz CT molecular complexity index is 556. The van der Waals surface area contributed by atoms with E-state index in [1.807, 2.05) is 0 Å². The lowest BCUT2D eigenvalue weighted by atomic mass is 10.1. The fourth-order valence-corrected chi connectivity index (χ4v) is 2.14. The number of halogens is 1. The molecule has 2 rings (SSSR count). The summed E-state index contributed by atoms with van der Waals surface area (Å²) in [7, 11) is 0. The van der Waals surface area contributed by atoms with Crippen molar-refractivity contribution in [3.8, 4) is 0 Å². The molecule has 0 saturated carbocycles. The van der Waals surface area contributed by atoms with Crippen LogP contribution in [-0.4, -0.2) is 35.4 Å². The number of anilines is 1. The van der Waals surface area contributed by atoms with Gasteiger partial charge in [0, 0.05) is 10.9 Å². The first-order valence-electron chi connectivity index (χ1n) is 6.05. The molecule has 0 bridgehead atoms. The maximum atomic E-state index is 11.7. The van der Waals surface area contributed by atoms with Crippen LogP contribution in [0.4, 0.5) is 5.69 Å². The summed E-state index contributed by atoms with van der Waals surface area (Å²) in [6, 6.07) is 6.14. The summed E-state index contributed by atoms with van der Waals surface area (Å²) in [6.45, 7) is 1.92. The van der Waals surface area contributed by atoms with Gasteiger partial charge >= 0.3 is 11.9 Å². The smallest absolute Gasteiger partial charge is 0.354 e. The number of carboxylic acids is 1. The summed E-state index contributed by atoms with van der Waals surface area (Å²) in [5, 5.41) is 14.7. The summed E-state index contributed by atoms with van der Waals surface area (Å²) in [6.07, 6.45) is 0.0320. The molecule has 0 amide bonds. The summed E-state index contributed by atoms with van der Waals surface area (Å²) in [5.41, 5.74) is 0.738. The Labute approximate surface area is 124 Å². The van der Waals surface area contributed by atoms with Crippen molar-refractivity contribution >= 4 is 39.3 Å². The molecule has 6 nitrogen and oxygen atoms in total. The quantitative estimate of drug-likeness (QED) is 0.848. The number of carbonyl (C=O) groups is 2. The number of aliphatic carboxylic acids is 1. The average Bonchev–Trinajstić information content (AvgIpc) is 2.85. The number of carbonyl (C=O) groups excluding carboxylic acids is 1. The first-order chi connectivity index (χ1) is 9.52. The fraction of sp³-hybridized carbons (Fsp3) is 0.308. The largest absolute Gasteiger partial charge is 0.480 e. The lowest BCUT2D eigenvalue weighted by Crippen LogP contribution is -2.34. The van der Waals surface area contributed by atoms with Crippen LogP contribution in [0, 0.1) is 0 Å². The van der Waals surface area contributed by atoms with E-state index >= 15 is 0 Å². The van der Waals surface area contributed by atoms with E-state index in [2.05, 4.69) is 21.0 Å². The van der Waals surface area contributed by atoms with Crippen molar-refractivity contribution in [2.24, 2.45) is 5.10 Å². The zero-order chi connectivity index (χ0) is 14.7. The highest BCUT2D eigenvalue weighted by molar-refractivity contribution is 9.10. The van der Waals surface area contributed by atoms with E-state index < -0.39 is 18.0 Å². The van der Waals surface area contributed by atoms with E-state index in [0.717, 1.165) is 4.47 Å². The van der Waals surface area contributed by atoms with Crippen molar-refractivity contribution in [2.75, 3.05) is 11.6 Å². The highest BCUT2D eigenvalue weighted by Crippen LogP contribution is 2.26. The van der Waals surface area contributed by atoms with Crippen LogP contribution in [0.1, 0.15) is 13.3 Å². The van der Waals surface area contributed by atoms with E-state index in [0.29, 0.717) is 5.69 Å². The summed E-state index contributed by atoms with van der Waals surface area (Å²) in [5.74, 6) is -1.60. The van der Waals surface area contributed by atoms with Gasteiger partial charge in [0.25, 0.3) is 0 Å². The minimum Gasteiger partial charge on any atom is -0.480 e. The Morgan fingerprint density at radius 3 is 2.65 bits per heavy atom. The second-order valence-corrected chi connectivity index (χ2v) is 5.06. The first kappa shape index (κ1) is 14.5. The van der Waals surface area contributed by atoms with Gasteiger partial charge in [0.2, 0.25) is 0 Å². The van der Waals surface area contributed by atoms with Crippen LogP contribution in [0.3, 0.4) is 0 Å². The summed E-state index contributed by atoms with van der Waals surface area (Å²) < 4.78 is 5.74. The third-order valence-corrected chi connectivity index (χ3v) is 3.33. The Hall–Kier alpha value is -1.89. The molecule has 0 spiro atoms.